The van der Waals surface area contributed by atoms with Crippen molar-refractivity contribution in [3.63, 3.8) is 0 Å². The number of nitrogens with zero attached hydrogens (tertiary/aromatic N) is 1. The Morgan fingerprint density at radius 1 is 1.27 bits per heavy atom. The van der Waals surface area contributed by atoms with Gasteiger partial charge in [0.2, 0.25) is 0 Å². The molecule has 0 aromatic heterocycles. The third kappa shape index (κ3) is 4.06. The molecule has 3 N–H and O–H groups in total. The van der Waals surface area contributed by atoms with Crippen LogP contribution in [-0.2, 0) is 10.2 Å². The molecule has 0 bridgehead atoms. The summed E-state index contributed by atoms with van der Waals surface area (Å²) in [5.74, 6) is 0. The Morgan fingerprint density at radius 2 is 1.73 bits per heavy atom. The fraction of sp³-hybridized carbons (Fsp3) is 1.00. The van der Waals surface area contributed by atoms with E-state index in [0.29, 0.717) is 13.1 Å². The molecule has 92 valence electrons. The molecule has 0 aromatic rings. The second-order valence-corrected chi connectivity index (χ2v) is 5.99. The Labute approximate surface area is 93.2 Å². The summed E-state index contributed by atoms with van der Waals surface area (Å²) < 4.78 is 26.7. The second kappa shape index (κ2) is 5.79. The zero-order chi connectivity index (χ0) is 12.1. The van der Waals surface area contributed by atoms with Crippen LogP contribution in [0.2, 0.25) is 0 Å². The normalized spacial score (nSPS) is 13.5. The van der Waals surface area contributed by atoms with Gasteiger partial charge in [-0.3, -0.25) is 0 Å². The standard InChI is InChI=1S/C9H23N3O2S/c1-5-9(6-2,7-10)8-11-15(13,14)12(3)4/h11H,5-8,10H2,1-4H3. The highest BCUT2D eigenvalue weighted by molar-refractivity contribution is 7.87. The van der Waals surface area contributed by atoms with Crippen molar-refractivity contribution in [2.24, 2.45) is 11.1 Å². The van der Waals surface area contributed by atoms with Crippen molar-refractivity contribution in [1.82, 2.24) is 9.03 Å². The van der Waals surface area contributed by atoms with E-state index in [9.17, 15) is 8.42 Å². The summed E-state index contributed by atoms with van der Waals surface area (Å²) in [5, 5.41) is 0. The number of hydrogen-bond donors (Lipinski definition) is 2. The monoisotopic (exact) mass is 237 g/mol. The molecule has 0 aliphatic heterocycles. The van der Waals surface area contributed by atoms with Crippen LogP contribution in [0.5, 0.6) is 0 Å². The molecule has 6 heteroatoms. The van der Waals surface area contributed by atoms with Crippen molar-refractivity contribution in [2.75, 3.05) is 27.2 Å². The van der Waals surface area contributed by atoms with Gasteiger partial charge in [-0.2, -0.15) is 12.7 Å². The van der Waals surface area contributed by atoms with Gasteiger partial charge >= 0.3 is 0 Å². The first-order chi connectivity index (χ1) is 6.83. The lowest BCUT2D eigenvalue weighted by Crippen LogP contribution is -2.45. The van der Waals surface area contributed by atoms with Crippen LogP contribution in [0.3, 0.4) is 0 Å². The lowest BCUT2D eigenvalue weighted by Gasteiger charge is -2.30. The molecule has 0 radical (unpaired) electrons. The van der Waals surface area contributed by atoms with E-state index in [1.165, 1.54) is 18.4 Å². The molecule has 0 heterocycles. The Hall–Kier alpha value is -0.170. The quantitative estimate of drug-likeness (QED) is 0.661. The molecule has 0 fully saturated rings. The molecule has 0 atom stereocenters. The number of rotatable bonds is 7. The predicted octanol–water partition coefficient (Wildman–Crippen LogP) is 0.148. The Balaban J connectivity index is 4.48. The minimum atomic E-state index is -3.33. The van der Waals surface area contributed by atoms with Gasteiger partial charge in [-0.15, -0.1) is 0 Å². The molecule has 0 unspecified atom stereocenters. The van der Waals surface area contributed by atoms with E-state index in [2.05, 4.69) is 4.72 Å². The zero-order valence-corrected chi connectivity index (χ0v) is 10.9. The Kier molecular flexibility index (Phi) is 5.72. The van der Waals surface area contributed by atoms with E-state index >= 15 is 0 Å². The van der Waals surface area contributed by atoms with Crippen LogP contribution in [0.1, 0.15) is 26.7 Å². The summed E-state index contributed by atoms with van der Waals surface area (Å²) >= 11 is 0. The summed E-state index contributed by atoms with van der Waals surface area (Å²) in [6.07, 6.45) is 1.74. The van der Waals surface area contributed by atoms with Crippen LogP contribution in [0.25, 0.3) is 0 Å². The van der Waals surface area contributed by atoms with Crippen molar-refractivity contribution < 1.29 is 8.42 Å². The highest BCUT2D eigenvalue weighted by atomic mass is 32.2. The smallest absolute Gasteiger partial charge is 0.278 e. The van der Waals surface area contributed by atoms with Gasteiger partial charge in [-0.1, -0.05) is 13.8 Å². The first kappa shape index (κ1) is 14.8. The first-order valence-corrected chi connectivity index (χ1v) is 6.64. The SMILES string of the molecule is CCC(CC)(CN)CNS(=O)(=O)N(C)C. The molecule has 0 aliphatic rings. The molecule has 0 amide bonds. The second-order valence-electron chi connectivity index (χ2n) is 4.02. The summed E-state index contributed by atoms with van der Waals surface area (Å²) in [6.45, 7) is 4.95. The van der Waals surface area contributed by atoms with Gasteiger partial charge < -0.3 is 5.73 Å². The van der Waals surface area contributed by atoms with E-state index in [1.807, 2.05) is 13.8 Å². The van der Waals surface area contributed by atoms with E-state index < -0.39 is 10.2 Å². The highest BCUT2D eigenvalue weighted by Crippen LogP contribution is 2.23. The van der Waals surface area contributed by atoms with Crippen molar-refractivity contribution >= 4 is 10.2 Å². The average Bonchev–Trinajstić information content (AvgIpc) is 2.20. The molecule has 15 heavy (non-hydrogen) atoms. The van der Waals surface area contributed by atoms with Crippen molar-refractivity contribution in [2.45, 2.75) is 26.7 Å². The van der Waals surface area contributed by atoms with Crippen molar-refractivity contribution in [1.29, 1.82) is 0 Å². The van der Waals surface area contributed by atoms with Gasteiger partial charge in [0.05, 0.1) is 0 Å². The average molecular weight is 237 g/mol. The largest absolute Gasteiger partial charge is 0.330 e. The maximum absolute atomic E-state index is 11.5. The van der Waals surface area contributed by atoms with E-state index in [-0.39, 0.29) is 5.41 Å². The van der Waals surface area contributed by atoms with Crippen molar-refractivity contribution in [3.05, 3.63) is 0 Å². The molecule has 0 rings (SSSR count). The van der Waals surface area contributed by atoms with Gasteiger partial charge in [-0.05, 0) is 24.8 Å². The first-order valence-electron chi connectivity index (χ1n) is 5.20. The van der Waals surface area contributed by atoms with Crippen LogP contribution in [0, 0.1) is 5.41 Å². The van der Waals surface area contributed by atoms with E-state index in [4.69, 9.17) is 5.73 Å². The molecular weight excluding hydrogens is 214 g/mol. The van der Waals surface area contributed by atoms with Gasteiger partial charge in [-0.25, -0.2) is 4.72 Å². The van der Waals surface area contributed by atoms with E-state index in [0.717, 1.165) is 12.8 Å². The molecule has 0 aliphatic carbocycles. The molecule has 0 aromatic carbocycles. The number of hydrogen-bond acceptors (Lipinski definition) is 3. The van der Waals surface area contributed by atoms with E-state index in [1.54, 1.807) is 0 Å². The number of nitrogens with two attached hydrogens (primary N) is 1. The predicted molar refractivity (Wildman–Crippen MR) is 62.7 cm³/mol. The van der Waals surface area contributed by atoms with Crippen LogP contribution >= 0.6 is 0 Å². The van der Waals surface area contributed by atoms with Crippen LogP contribution in [0.4, 0.5) is 0 Å². The summed E-state index contributed by atoms with van der Waals surface area (Å²) in [5.41, 5.74) is 5.56. The van der Waals surface area contributed by atoms with Gasteiger partial charge in [0.25, 0.3) is 10.2 Å². The number of nitrogens with one attached hydrogen (secondary N) is 1. The van der Waals surface area contributed by atoms with Crippen LogP contribution in [-0.4, -0.2) is 39.9 Å². The maximum Gasteiger partial charge on any atom is 0.278 e. The van der Waals surface area contributed by atoms with Gasteiger partial charge in [0.1, 0.15) is 0 Å². The molecule has 0 saturated heterocycles. The minimum absolute atomic E-state index is 0.122. The Morgan fingerprint density at radius 3 is 2.00 bits per heavy atom. The lowest BCUT2D eigenvalue weighted by molar-refractivity contribution is 0.273. The third-order valence-electron chi connectivity index (χ3n) is 3.04. The van der Waals surface area contributed by atoms with Crippen LogP contribution in [0.15, 0.2) is 0 Å². The molecule has 0 saturated carbocycles. The van der Waals surface area contributed by atoms with Crippen LogP contribution < -0.4 is 10.5 Å². The minimum Gasteiger partial charge on any atom is -0.330 e. The lowest BCUT2D eigenvalue weighted by atomic mass is 9.83. The molecular formula is C9H23N3O2S. The molecule has 5 nitrogen and oxygen atoms in total. The highest BCUT2D eigenvalue weighted by Gasteiger charge is 2.26. The molecule has 0 spiro atoms. The fourth-order valence-electron chi connectivity index (χ4n) is 1.23. The zero-order valence-electron chi connectivity index (χ0n) is 10.1. The van der Waals surface area contributed by atoms with Gasteiger partial charge in [0.15, 0.2) is 0 Å². The summed E-state index contributed by atoms with van der Waals surface area (Å²) in [7, 11) is -0.325. The summed E-state index contributed by atoms with van der Waals surface area (Å²) in [6, 6.07) is 0. The Bertz CT molecular complexity index is 263. The fourth-order valence-corrected chi connectivity index (χ4v) is 1.98. The topological polar surface area (TPSA) is 75.4 Å². The third-order valence-corrected chi connectivity index (χ3v) is 4.51. The maximum atomic E-state index is 11.5. The van der Waals surface area contributed by atoms with Gasteiger partial charge in [0, 0.05) is 20.6 Å². The summed E-state index contributed by atoms with van der Waals surface area (Å²) in [4.78, 5) is 0. The van der Waals surface area contributed by atoms with Crippen molar-refractivity contribution in [3.8, 4) is 0 Å².